The first-order valence-electron chi connectivity index (χ1n) is 1.96. The van der Waals surface area contributed by atoms with E-state index >= 15 is 0 Å². The van der Waals surface area contributed by atoms with Gasteiger partial charge in [0.05, 0.1) is 0 Å². The summed E-state index contributed by atoms with van der Waals surface area (Å²) in [5.74, 6) is 0. The number of halogens is 2. The Morgan fingerprint density at radius 3 is 1.42 bits per heavy atom. The SMILES string of the molecule is O=P([O-])([O-])C(Cl)(Cl)P(=O)(O)O.[Ba+2]. The average Bonchev–Trinajstić information content (AvgIpc) is 1.58. The number of hydrogen-bond acceptors (Lipinski definition) is 4. The molecule has 6 nitrogen and oxygen atoms in total. The molecule has 68 valence electrons. The maximum Gasteiger partial charge on any atom is 2.00 e. The predicted molar refractivity (Wildman–Crippen MR) is 39.8 cm³/mol. The van der Waals surface area contributed by atoms with Gasteiger partial charge in [-0.2, -0.15) is 0 Å². The van der Waals surface area contributed by atoms with Crippen LogP contribution in [0.25, 0.3) is 0 Å². The first-order chi connectivity index (χ1) is 4.50. The second-order valence-corrected chi connectivity index (χ2v) is 7.71. The van der Waals surface area contributed by atoms with Crippen LogP contribution in [-0.2, 0) is 9.13 Å². The van der Waals surface area contributed by atoms with Crippen molar-refractivity contribution in [1.29, 1.82) is 0 Å². The van der Waals surface area contributed by atoms with Crippen LogP contribution < -0.4 is 9.79 Å². The zero-order chi connectivity index (χ0) is 9.50. The van der Waals surface area contributed by atoms with Crippen LogP contribution in [0.2, 0.25) is 0 Å². The monoisotopic (exact) mass is 380 g/mol. The van der Waals surface area contributed by atoms with Gasteiger partial charge in [0.25, 0.3) is 0 Å². The predicted octanol–water partition coefficient (Wildman–Crippen LogP) is -1.21. The molecule has 0 aliphatic carbocycles. The molecule has 0 aromatic carbocycles. The minimum absolute atomic E-state index is 0. The molecule has 0 aliphatic heterocycles. The van der Waals surface area contributed by atoms with E-state index in [4.69, 9.17) is 9.79 Å². The molecule has 0 aromatic heterocycles. The molecular formula is CH2BaCl2O6P2. The molecule has 0 aromatic rings. The van der Waals surface area contributed by atoms with Crippen LogP contribution in [0, 0.1) is 0 Å². The number of hydrogen-bond donors (Lipinski definition) is 2. The number of alkyl halides is 2. The van der Waals surface area contributed by atoms with Gasteiger partial charge in [-0.1, -0.05) is 23.2 Å². The standard InChI is InChI=1S/CH4Cl2O6P2.Ba/c2-1(3,10(4,5)6)11(7,8)9;/h(H2,4,5,6)(H2,7,8,9);/q;+2/p-2. The third-order valence-corrected chi connectivity index (χ3v) is 6.12. The molecule has 0 unspecified atom stereocenters. The summed E-state index contributed by atoms with van der Waals surface area (Å²) in [5.41, 5.74) is 0. The Morgan fingerprint density at radius 2 is 1.42 bits per heavy atom. The van der Waals surface area contributed by atoms with Crippen molar-refractivity contribution in [2.24, 2.45) is 0 Å². The Hall–Kier alpha value is 2.45. The summed E-state index contributed by atoms with van der Waals surface area (Å²) in [4.78, 5) is 36.3. The molecule has 0 amide bonds. The molecule has 11 heteroatoms. The van der Waals surface area contributed by atoms with E-state index in [0.29, 0.717) is 0 Å². The van der Waals surface area contributed by atoms with Crippen LogP contribution in [0.15, 0.2) is 0 Å². The van der Waals surface area contributed by atoms with E-state index in [1.165, 1.54) is 0 Å². The zero-order valence-corrected chi connectivity index (χ0v) is 13.1. The van der Waals surface area contributed by atoms with Crippen LogP contribution in [-0.4, -0.2) is 62.5 Å². The van der Waals surface area contributed by atoms with Gasteiger partial charge in [0, 0.05) is 0 Å². The fraction of sp³-hybridized carbons (Fsp3) is 1.00. The van der Waals surface area contributed by atoms with Crippen molar-refractivity contribution in [2.45, 2.75) is 3.82 Å². The van der Waals surface area contributed by atoms with E-state index in [9.17, 15) is 18.9 Å². The van der Waals surface area contributed by atoms with Crippen LogP contribution in [0.3, 0.4) is 0 Å². The van der Waals surface area contributed by atoms with Crippen molar-refractivity contribution in [3.8, 4) is 0 Å². The number of rotatable bonds is 2. The molecular weight excluding hydrogens is 378 g/mol. The fourth-order valence-electron chi connectivity index (χ4n) is 0.160. The molecule has 0 aliphatic rings. The van der Waals surface area contributed by atoms with E-state index in [0.717, 1.165) is 0 Å². The van der Waals surface area contributed by atoms with Crippen molar-refractivity contribution in [1.82, 2.24) is 0 Å². The summed E-state index contributed by atoms with van der Waals surface area (Å²) >= 11 is 9.21. The molecule has 2 N–H and O–H groups in total. The Kier molecular flexibility index (Phi) is 7.01. The summed E-state index contributed by atoms with van der Waals surface area (Å²) in [6.45, 7) is 0. The average molecular weight is 380 g/mol. The Balaban J connectivity index is 0. The van der Waals surface area contributed by atoms with Gasteiger partial charge in [0.1, 0.15) is 0 Å². The quantitative estimate of drug-likeness (QED) is 0.352. The minimum Gasteiger partial charge on any atom is -0.808 e. The molecule has 12 heavy (non-hydrogen) atoms. The largest absolute Gasteiger partial charge is 2.00 e. The van der Waals surface area contributed by atoms with Gasteiger partial charge in [0.15, 0.2) is 0 Å². The first kappa shape index (κ1) is 16.9. The molecule has 0 fully saturated rings. The first-order valence-corrected chi connectivity index (χ1v) is 5.87. The van der Waals surface area contributed by atoms with Gasteiger partial charge in [-0.25, -0.2) is 0 Å². The Morgan fingerprint density at radius 1 is 1.17 bits per heavy atom. The molecule has 0 atom stereocenters. The van der Waals surface area contributed by atoms with E-state index < -0.39 is 19.0 Å². The normalized spacial score (nSPS) is 13.8. The van der Waals surface area contributed by atoms with Crippen molar-refractivity contribution in [3.63, 3.8) is 0 Å². The van der Waals surface area contributed by atoms with Gasteiger partial charge >= 0.3 is 56.5 Å². The minimum atomic E-state index is -5.72. The van der Waals surface area contributed by atoms with Crippen molar-refractivity contribution < 1.29 is 28.7 Å². The topological polar surface area (TPSA) is 121 Å². The van der Waals surface area contributed by atoms with Crippen LogP contribution in [0.1, 0.15) is 0 Å². The fourth-order valence-corrected chi connectivity index (χ4v) is 1.44. The van der Waals surface area contributed by atoms with E-state index in [1.807, 2.05) is 0 Å². The Labute approximate surface area is 118 Å². The van der Waals surface area contributed by atoms with Gasteiger partial charge < -0.3 is 24.1 Å². The summed E-state index contributed by atoms with van der Waals surface area (Å²) in [6.07, 6.45) is 0. The van der Waals surface area contributed by atoms with Crippen LogP contribution >= 0.6 is 38.4 Å². The maximum absolute atomic E-state index is 10.2. The molecule has 0 radical (unpaired) electrons. The van der Waals surface area contributed by atoms with Crippen LogP contribution in [0.5, 0.6) is 0 Å². The summed E-state index contributed by atoms with van der Waals surface area (Å²) < 4.78 is 16.6. The summed E-state index contributed by atoms with van der Waals surface area (Å²) in [6, 6.07) is 0. The van der Waals surface area contributed by atoms with Gasteiger partial charge in [-0.3, -0.25) is 4.57 Å². The molecule has 0 saturated carbocycles. The zero-order valence-electron chi connectivity index (χ0n) is 5.38. The maximum atomic E-state index is 10.2. The van der Waals surface area contributed by atoms with Crippen LogP contribution in [0.4, 0.5) is 0 Å². The summed E-state index contributed by atoms with van der Waals surface area (Å²) in [7, 11) is -11.1. The second kappa shape index (κ2) is 4.99. The van der Waals surface area contributed by atoms with E-state index in [2.05, 4.69) is 23.2 Å². The molecule has 0 heterocycles. The third-order valence-electron chi connectivity index (χ3n) is 0.680. The third kappa shape index (κ3) is 3.90. The van der Waals surface area contributed by atoms with E-state index in [1.54, 1.807) is 0 Å². The molecule has 0 saturated heterocycles. The van der Waals surface area contributed by atoms with Gasteiger partial charge in [-0.15, -0.1) is 0 Å². The molecule has 0 rings (SSSR count). The summed E-state index contributed by atoms with van der Waals surface area (Å²) in [5, 5.41) is 0. The molecule has 0 bridgehead atoms. The second-order valence-electron chi connectivity index (χ2n) is 1.55. The van der Waals surface area contributed by atoms with Gasteiger partial charge in [0.2, 0.25) is 3.82 Å². The van der Waals surface area contributed by atoms with Crippen molar-refractivity contribution in [3.05, 3.63) is 0 Å². The molecule has 0 spiro atoms. The van der Waals surface area contributed by atoms with Crippen molar-refractivity contribution in [2.75, 3.05) is 0 Å². The van der Waals surface area contributed by atoms with Gasteiger partial charge in [-0.05, 0) is 7.60 Å². The van der Waals surface area contributed by atoms with E-state index in [-0.39, 0.29) is 48.9 Å². The Bertz CT molecular complexity index is 216. The smallest absolute Gasteiger partial charge is 0.808 e. The van der Waals surface area contributed by atoms with Crippen molar-refractivity contribution >= 4 is 87.3 Å².